The van der Waals surface area contributed by atoms with Crippen LogP contribution >= 0.6 is 0 Å². The molecule has 0 atom stereocenters. The number of ether oxygens (including phenoxy) is 1. The maximum Gasteiger partial charge on any atom is 0.306 e. The van der Waals surface area contributed by atoms with E-state index in [1.165, 1.54) is 19.3 Å². The Morgan fingerprint density at radius 3 is 2.20 bits per heavy atom. The van der Waals surface area contributed by atoms with Gasteiger partial charge >= 0.3 is 5.97 Å². The van der Waals surface area contributed by atoms with Crippen molar-refractivity contribution in [2.24, 2.45) is 5.41 Å². The normalized spacial score (nSPS) is 21.1. The predicted octanol–water partition coefficient (Wildman–Crippen LogP) is 3.69. The molecule has 0 amide bonds. The summed E-state index contributed by atoms with van der Waals surface area (Å²) in [5, 5.41) is 0. The molecule has 0 heterocycles. The Hall–Kier alpha value is -0.530. The second kappa shape index (κ2) is 4.54. The van der Waals surface area contributed by atoms with Gasteiger partial charge in [-0.3, -0.25) is 4.79 Å². The molecular weight excluding hydrogens is 188 g/mol. The Kier molecular flexibility index (Phi) is 3.80. The predicted molar refractivity (Wildman–Crippen MR) is 61.7 cm³/mol. The van der Waals surface area contributed by atoms with Crippen LogP contribution in [0.5, 0.6) is 0 Å². The molecular formula is C13H24O2. The van der Waals surface area contributed by atoms with Crippen molar-refractivity contribution in [1.29, 1.82) is 0 Å². The van der Waals surface area contributed by atoms with Gasteiger partial charge < -0.3 is 4.74 Å². The molecule has 0 radical (unpaired) electrons. The summed E-state index contributed by atoms with van der Waals surface area (Å²) in [6, 6.07) is 0. The van der Waals surface area contributed by atoms with E-state index in [0.29, 0.717) is 6.42 Å². The number of hydrogen-bond acceptors (Lipinski definition) is 2. The molecule has 1 aliphatic rings. The molecule has 0 bridgehead atoms. The van der Waals surface area contributed by atoms with Crippen molar-refractivity contribution in [3.63, 3.8) is 0 Å². The van der Waals surface area contributed by atoms with E-state index in [9.17, 15) is 4.79 Å². The van der Waals surface area contributed by atoms with Gasteiger partial charge in [-0.05, 0) is 38.0 Å². The molecule has 0 saturated heterocycles. The van der Waals surface area contributed by atoms with E-state index < -0.39 is 0 Å². The Morgan fingerprint density at radius 2 is 1.73 bits per heavy atom. The summed E-state index contributed by atoms with van der Waals surface area (Å²) >= 11 is 0. The molecule has 1 saturated carbocycles. The minimum Gasteiger partial charge on any atom is -0.459 e. The fraction of sp³-hybridized carbons (Fsp3) is 0.923. The first kappa shape index (κ1) is 12.5. The highest BCUT2D eigenvalue weighted by Gasteiger charge is 2.31. The first-order chi connectivity index (χ1) is 6.81. The molecule has 0 aromatic rings. The molecule has 1 fully saturated rings. The van der Waals surface area contributed by atoms with E-state index in [2.05, 4.69) is 27.7 Å². The number of rotatable bonds is 2. The monoisotopic (exact) mass is 212 g/mol. The van der Waals surface area contributed by atoms with Crippen LogP contribution in [0.15, 0.2) is 0 Å². The van der Waals surface area contributed by atoms with E-state index in [1.807, 2.05) is 0 Å². The van der Waals surface area contributed by atoms with Gasteiger partial charge in [0, 0.05) is 0 Å². The standard InChI is InChI=1S/C13H24O2/c1-12(2,3)10-11(14)15-13(4)8-6-5-7-9-13/h5-10H2,1-4H3. The van der Waals surface area contributed by atoms with Crippen molar-refractivity contribution in [3.8, 4) is 0 Å². The van der Waals surface area contributed by atoms with Crippen molar-refractivity contribution in [3.05, 3.63) is 0 Å². The minimum atomic E-state index is -0.180. The third kappa shape index (κ3) is 4.67. The first-order valence-electron chi connectivity index (χ1n) is 6.03. The average molecular weight is 212 g/mol. The van der Waals surface area contributed by atoms with Gasteiger partial charge in [0.2, 0.25) is 0 Å². The Morgan fingerprint density at radius 1 is 1.20 bits per heavy atom. The molecule has 88 valence electrons. The molecule has 2 nitrogen and oxygen atoms in total. The van der Waals surface area contributed by atoms with Crippen LogP contribution in [0.1, 0.15) is 66.2 Å². The molecule has 0 aliphatic heterocycles. The molecule has 1 aliphatic carbocycles. The fourth-order valence-electron chi connectivity index (χ4n) is 2.15. The smallest absolute Gasteiger partial charge is 0.306 e. The van der Waals surface area contributed by atoms with Crippen molar-refractivity contribution < 1.29 is 9.53 Å². The number of hydrogen-bond donors (Lipinski definition) is 0. The minimum absolute atomic E-state index is 0.0299. The highest BCUT2D eigenvalue weighted by Crippen LogP contribution is 2.32. The lowest BCUT2D eigenvalue weighted by molar-refractivity contribution is -0.163. The summed E-state index contributed by atoms with van der Waals surface area (Å²) in [7, 11) is 0. The molecule has 15 heavy (non-hydrogen) atoms. The number of esters is 1. The second-order valence-electron chi connectivity index (χ2n) is 6.22. The molecule has 2 heteroatoms. The van der Waals surface area contributed by atoms with Gasteiger partial charge in [0.05, 0.1) is 6.42 Å². The van der Waals surface area contributed by atoms with E-state index >= 15 is 0 Å². The van der Waals surface area contributed by atoms with Crippen molar-refractivity contribution in [1.82, 2.24) is 0 Å². The lowest BCUT2D eigenvalue weighted by Crippen LogP contribution is -2.34. The van der Waals surface area contributed by atoms with Crippen LogP contribution in [0, 0.1) is 5.41 Å². The van der Waals surface area contributed by atoms with Gasteiger partial charge in [-0.1, -0.05) is 27.2 Å². The van der Waals surface area contributed by atoms with Gasteiger partial charge in [0.25, 0.3) is 0 Å². The van der Waals surface area contributed by atoms with Crippen LogP contribution in [0.4, 0.5) is 0 Å². The lowest BCUT2D eigenvalue weighted by Gasteiger charge is -2.34. The molecule has 0 aromatic heterocycles. The van der Waals surface area contributed by atoms with E-state index in [1.54, 1.807) is 0 Å². The van der Waals surface area contributed by atoms with Crippen molar-refractivity contribution >= 4 is 5.97 Å². The zero-order valence-electron chi connectivity index (χ0n) is 10.6. The largest absolute Gasteiger partial charge is 0.459 e. The van der Waals surface area contributed by atoms with E-state index in [4.69, 9.17) is 4.74 Å². The van der Waals surface area contributed by atoms with Gasteiger partial charge in [0.1, 0.15) is 5.60 Å². The zero-order chi connectivity index (χ0) is 11.5. The van der Waals surface area contributed by atoms with Crippen LogP contribution < -0.4 is 0 Å². The van der Waals surface area contributed by atoms with E-state index in [-0.39, 0.29) is 17.0 Å². The van der Waals surface area contributed by atoms with Crippen LogP contribution in [0.3, 0.4) is 0 Å². The second-order valence-corrected chi connectivity index (χ2v) is 6.22. The van der Waals surface area contributed by atoms with Crippen molar-refractivity contribution in [2.45, 2.75) is 71.8 Å². The third-order valence-electron chi connectivity index (χ3n) is 2.95. The maximum absolute atomic E-state index is 11.7. The van der Waals surface area contributed by atoms with Gasteiger partial charge in [-0.25, -0.2) is 0 Å². The summed E-state index contributed by atoms with van der Waals surface area (Å²) in [6.45, 7) is 8.28. The van der Waals surface area contributed by atoms with Gasteiger partial charge in [0.15, 0.2) is 0 Å². The topological polar surface area (TPSA) is 26.3 Å². The Bertz CT molecular complexity index is 219. The van der Waals surface area contributed by atoms with Gasteiger partial charge in [-0.2, -0.15) is 0 Å². The molecule has 0 N–H and O–H groups in total. The highest BCUT2D eigenvalue weighted by molar-refractivity contribution is 5.70. The SMILES string of the molecule is CC(C)(C)CC(=O)OC1(C)CCCCC1. The van der Waals surface area contributed by atoms with Crippen LogP contribution in [0.25, 0.3) is 0 Å². The third-order valence-corrected chi connectivity index (χ3v) is 2.95. The van der Waals surface area contributed by atoms with E-state index in [0.717, 1.165) is 12.8 Å². The van der Waals surface area contributed by atoms with Crippen LogP contribution in [-0.4, -0.2) is 11.6 Å². The lowest BCUT2D eigenvalue weighted by atomic mass is 9.86. The van der Waals surface area contributed by atoms with Crippen LogP contribution in [0.2, 0.25) is 0 Å². The maximum atomic E-state index is 11.7. The number of carbonyl (C=O) groups excluding carboxylic acids is 1. The molecule has 0 spiro atoms. The highest BCUT2D eigenvalue weighted by atomic mass is 16.6. The summed E-state index contributed by atoms with van der Waals surface area (Å²) < 4.78 is 5.62. The Labute approximate surface area is 93.4 Å². The summed E-state index contributed by atoms with van der Waals surface area (Å²) in [5.74, 6) is -0.0353. The first-order valence-corrected chi connectivity index (χ1v) is 6.03. The quantitative estimate of drug-likeness (QED) is 0.652. The fourth-order valence-corrected chi connectivity index (χ4v) is 2.15. The Balaban J connectivity index is 2.42. The molecule has 0 unspecified atom stereocenters. The molecule has 0 aromatic carbocycles. The number of carbonyl (C=O) groups is 1. The summed E-state index contributed by atoms with van der Waals surface area (Å²) in [5.41, 5.74) is -0.150. The summed E-state index contributed by atoms with van der Waals surface area (Å²) in [6.07, 6.45) is 6.25. The molecule has 1 rings (SSSR count). The average Bonchev–Trinajstić information content (AvgIpc) is 1.99. The zero-order valence-corrected chi connectivity index (χ0v) is 10.6. The van der Waals surface area contributed by atoms with Crippen molar-refractivity contribution in [2.75, 3.05) is 0 Å². The van der Waals surface area contributed by atoms with Crippen LogP contribution in [-0.2, 0) is 9.53 Å². The summed E-state index contributed by atoms with van der Waals surface area (Å²) in [4.78, 5) is 11.7. The van der Waals surface area contributed by atoms with Gasteiger partial charge in [-0.15, -0.1) is 0 Å².